The smallest absolute Gasteiger partial charge is 0.452 e. The zero-order valence-electron chi connectivity index (χ0n) is 17.7. The molecular formula is C22H20F3N5O4. The van der Waals surface area contributed by atoms with Crippen LogP contribution < -0.4 is 10.6 Å². The summed E-state index contributed by atoms with van der Waals surface area (Å²) in [5.41, 5.74) is -0.397. The average molecular weight is 475 g/mol. The highest BCUT2D eigenvalue weighted by Crippen LogP contribution is 2.35. The number of carboxylic acid groups (broad SMARTS) is 1. The molecule has 12 heteroatoms. The molecule has 1 aliphatic rings. The lowest BCUT2D eigenvalue weighted by atomic mass is 10.1. The minimum atomic E-state index is -4.91. The number of rotatable bonds is 5. The van der Waals surface area contributed by atoms with Gasteiger partial charge in [0.2, 0.25) is 11.7 Å². The second kappa shape index (κ2) is 9.41. The third-order valence-electron chi connectivity index (χ3n) is 5.26. The van der Waals surface area contributed by atoms with E-state index in [0.29, 0.717) is 37.3 Å². The third-order valence-corrected chi connectivity index (χ3v) is 5.26. The largest absolute Gasteiger partial charge is 0.465 e. The van der Waals surface area contributed by atoms with Crippen molar-refractivity contribution in [2.45, 2.75) is 25.1 Å². The van der Waals surface area contributed by atoms with Gasteiger partial charge in [-0.3, -0.25) is 4.79 Å². The lowest BCUT2D eigenvalue weighted by molar-refractivity contribution is -0.153. The van der Waals surface area contributed by atoms with Crippen molar-refractivity contribution in [1.29, 1.82) is 0 Å². The van der Waals surface area contributed by atoms with Gasteiger partial charge in [-0.25, -0.2) is 14.8 Å². The Morgan fingerprint density at radius 2 is 1.79 bits per heavy atom. The Morgan fingerprint density at radius 3 is 2.38 bits per heavy atom. The van der Waals surface area contributed by atoms with E-state index in [4.69, 9.17) is 9.52 Å². The Bertz CT molecular complexity index is 1160. The average Bonchev–Trinajstić information content (AvgIpc) is 3.28. The molecule has 0 saturated carbocycles. The summed E-state index contributed by atoms with van der Waals surface area (Å²) < 4.78 is 45.2. The highest BCUT2D eigenvalue weighted by atomic mass is 19.4. The maximum absolute atomic E-state index is 13.5. The minimum Gasteiger partial charge on any atom is -0.465 e. The van der Waals surface area contributed by atoms with E-state index in [2.05, 4.69) is 20.6 Å². The van der Waals surface area contributed by atoms with E-state index in [1.54, 1.807) is 24.3 Å². The van der Waals surface area contributed by atoms with Gasteiger partial charge in [0.05, 0.1) is 11.9 Å². The molecule has 34 heavy (non-hydrogen) atoms. The summed E-state index contributed by atoms with van der Waals surface area (Å²) in [6.45, 7) is 0.816. The highest BCUT2D eigenvalue weighted by molar-refractivity contribution is 6.04. The maximum Gasteiger partial charge on any atom is 0.452 e. The number of oxazole rings is 1. The molecule has 0 atom stereocenters. The van der Waals surface area contributed by atoms with Gasteiger partial charge in [0.15, 0.2) is 5.69 Å². The van der Waals surface area contributed by atoms with Crippen LogP contribution in [0.25, 0.3) is 11.5 Å². The Hall–Kier alpha value is -4.09. The first-order valence-electron chi connectivity index (χ1n) is 10.4. The van der Waals surface area contributed by atoms with Gasteiger partial charge in [0.25, 0.3) is 5.91 Å². The number of carbonyl (C=O) groups is 2. The second-order valence-corrected chi connectivity index (χ2v) is 7.64. The molecule has 3 N–H and O–H groups in total. The number of hydrogen-bond acceptors (Lipinski definition) is 6. The Kier molecular flexibility index (Phi) is 6.39. The van der Waals surface area contributed by atoms with Gasteiger partial charge in [-0.2, -0.15) is 13.2 Å². The van der Waals surface area contributed by atoms with Gasteiger partial charge in [-0.05, 0) is 37.1 Å². The molecule has 0 radical (unpaired) electrons. The number of alkyl halides is 3. The first-order valence-corrected chi connectivity index (χ1v) is 10.4. The Morgan fingerprint density at radius 1 is 1.09 bits per heavy atom. The Balaban J connectivity index is 1.44. The van der Waals surface area contributed by atoms with E-state index in [0.717, 1.165) is 0 Å². The summed E-state index contributed by atoms with van der Waals surface area (Å²) in [6.07, 6.45) is -3.33. The Labute approximate surface area is 191 Å². The van der Waals surface area contributed by atoms with Crippen molar-refractivity contribution in [2.75, 3.05) is 23.7 Å². The zero-order valence-corrected chi connectivity index (χ0v) is 17.7. The normalized spacial score (nSPS) is 14.6. The van der Waals surface area contributed by atoms with Gasteiger partial charge in [-0.1, -0.05) is 18.2 Å². The van der Waals surface area contributed by atoms with E-state index in [9.17, 15) is 22.8 Å². The number of pyridine rings is 1. The van der Waals surface area contributed by atoms with Crippen molar-refractivity contribution in [1.82, 2.24) is 14.9 Å². The van der Waals surface area contributed by atoms with E-state index in [1.165, 1.54) is 29.3 Å². The van der Waals surface area contributed by atoms with Crippen molar-refractivity contribution < 1.29 is 32.3 Å². The lowest BCUT2D eigenvalue weighted by Gasteiger charge is -2.30. The predicted octanol–water partition coefficient (Wildman–Crippen LogP) is 4.56. The number of nitrogens with zero attached hydrogens (tertiary/aromatic N) is 3. The molecule has 1 fully saturated rings. The van der Waals surface area contributed by atoms with E-state index in [-0.39, 0.29) is 17.6 Å². The highest BCUT2D eigenvalue weighted by Gasteiger charge is 2.42. The molecule has 1 aliphatic heterocycles. The van der Waals surface area contributed by atoms with E-state index < -0.39 is 29.6 Å². The van der Waals surface area contributed by atoms with Crippen LogP contribution in [0.5, 0.6) is 0 Å². The van der Waals surface area contributed by atoms with Crippen LogP contribution in [0.2, 0.25) is 0 Å². The first kappa shape index (κ1) is 23.1. The fourth-order valence-corrected chi connectivity index (χ4v) is 3.54. The first-order chi connectivity index (χ1) is 16.2. The topological polar surface area (TPSA) is 121 Å². The number of benzene rings is 1. The predicted molar refractivity (Wildman–Crippen MR) is 115 cm³/mol. The van der Waals surface area contributed by atoms with Gasteiger partial charge >= 0.3 is 12.3 Å². The standard InChI is InChI=1S/C22H20F3N5O4/c23-22(24,25)18-17(29-20(34-18)13-4-2-1-3-5-13)19(31)28-15-6-7-16(26-12-15)27-14-8-10-30(11-9-14)21(32)33/h1-7,12,14H,8-11H2,(H,26,27)(H,28,31)(H,32,33). The number of halogens is 3. The molecule has 1 saturated heterocycles. The number of amides is 2. The molecule has 0 bridgehead atoms. The number of piperidine rings is 1. The molecule has 9 nitrogen and oxygen atoms in total. The molecule has 2 amide bonds. The molecule has 3 aromatic rings. The van der Waals surface area contributed by atoms with Crippen LogP contribution in [0, 0.1) is 0 Å². The molecule has 3 heterocycles. The lowest BCUT2D eigenvalue weighted by Crippen LogP contribution is -2.41. The van der Waals surface area contributed by atoms with Crippen LogP contribution in [0.15, 0.2) is 53.1 Å². The maximum atomic E-state index is 13.5. The van der Waals surface area contributed by atoms with Crippen LogP contribution >= 0.6 is 0 Å². The number of anilines is 2. The summed E-state index contributed by atoms with van der Waals surface area (Å²) in [5.74, 6) is -2.38. The number of aromatic nitrogens is 2. The summed E-state index contributed by atoms with van der Waals surface area (Å²) in [7, 11) is 0. The minimum absolute atomic E-state index is 0.0319. The summed E-state index contributed by atoms with van der Waals surface area (Å²) in [4.78, 5) is 32.9. The number of likely N-dealkylation sites (tertiary alicyclic amines) is 1. The van der Waals surface area contributed by atoms with Crippen LogP contribution in [0.1, 0.15) is 29.1 Å². The van der Waals surface area contributed by atoms with Crippen LogP contribution in [0.4, 0.5) is 29.5 Å². The van der Waals surface area contributed by atoms with Crippen LogP contribution in [-0.2, 0) is 6.18 Å². The molecule has 0 spiro atoms. The number of carbonyl (C=O) groups excluding carboxylic acids is 1. The molecule has 0 unspecified atom stereocenters. The SMILES string of the molecule is O=C(Nc1ccc(NC2CCN(C(=O)O)CC2)nc1)c1nc(-c2ccccc2)oc1C(F)(F)F. The summed E-state index contributed by atoms with van der Waals surface area (Å²) in [6, 6.07) is 11.1. The van der Waals surface area contributed by atoms with Crippen molar-refractivity contribution in [2.24, 2.45) is 0 Å². The summed E-state index contributed by atoms with van der Waals surface area (Å²) in [5, 5.41) is 14.6. The number of hydrogen-bond donors (Lipinski definition) is 3. The van der Waals surface area contributed by atoms with Crippen LogP contribution in [-0.4, -0.2) is 51.1 Å². The number of nitrogens with one attached hydrogen (secondary N) is 2. The van der Waals surface area contributed by atoms with E-state index >= 15 is 0 Å². The molecular weight excluding hydrogens is 455 g/mol. The molecule has 178 valence electrons. The molecule has 4 rings (SSSR count). The zero-order chi connectivity index (χ0) is 24.3. The van der Waals surface area contributed by atoms with E-state index in [1.807, 2.05) is 0 Å². The van der Waals surface area contributed by atoms with Gasteiger partial charge in [-0.15, -0.1) is 0 Å². The molecule has 1 aromatic carbocycles. The summed E-state index contributed by atoms with van der Waals surface area (Å²) >= 11 is 0. The molecule has 0 aliphatic carbocycles. The fraction of sp³-hybridized carbons (Fsp3) is 0.273. The quantitative estimate of drug-likeness (QED) is 0.495. The van der Waals surface area contributed by atoms with Gasteiger partial charge in [0, 0.05) is 24.7 Å². The monoisotopic (exact) mass is 475 g/mol. The fourth-order valence-electron chi connectivity index (χ4n) is 3.54. The van der Waals surface area contributed by atoms with Crippen LogP contribution in [0.3, 0.4) is 0 Å². The molecule has 2 aromatic heterocycles. The third kappa shape index (κ3) is 5.27. The van der Waals surface area contributed by atoms with Crippen molar-refractivity contribution >= 4 is 23.5 Å². The van der Waals surface area contributed by atoms with Crippen molar-refractivity contribution in [3.8, 4) is 11.5 Å². The van der Waals surface area contributed by atoms with Crippen molar-refractivity contribution in [3.63, 3.8) is 0 Å². The van der Waals surface area contributed by atoms with Gasteiger partial charge < -0.3 is 25.1 Å². The second-order valence-electron chi connectivity index (χ2n) is 7.64. The van der Waals surface area contributed by atoms with Crippen molar-refractivity contribution in [3.05, 3.63) is 60.1 Å². The van der Waals surface area contributed by atoms with Gasteiger partial charge in [0.1, 0.15) is 5.82 Å².